The molecule has 1 amide bonds. The van der Waals surface area contributed by atoms with Gasteiger partial charge in [0, 0.05) is 11.9 Å². The van der Waals surface area contributed by atoms with Crippen LogP contribution in [0.1, 0.15) is 41.0 Å². The maximum absolute atomic E-state index is 12.7. The van der Waals surface area contributed by atoms with Gasteiger partial charge in [0.15, 0.2) is 0 Å². The Morgan fingerprint density at radius 1 is 1.28 bits per heavy atom. The molecule has 0 radical (unpaired) electrons. The molecule has 1 aromatic carbocycles. The van der Waals surface area contributed by atoms with E-state index in [1.165, 1.54) is 0 Å². The van der Waals surface area contributed by atoms with Crippen molar-refractivity contribution in [1.82, 2.24) is 25.1 Å². The van der Waals surface area contributed by atoms with Gasteiger partial charge in [-0.1, -0.05) is 24.6 Å². The van der Waals surface area contributed by atoms with Crippen LogP contribution >= 0.6 is 11.6 Å². The number of aryl methyl sites for hydroxylation is 1. The first kappa shape index (κ1) is 17.1. The fraction of sp³-hybridized carbons (Fsp3) is 0.222. The van der Waals surface area contributed by atoms with E-state index in [9.17, 15) is 4.79 Å². The number of rotatable bonds is 5. The summed E-state index contributed by atoms with van der Waals surface area (Å²) in [6.07, 6.45) is 5.61. The molecule has 25 heavy (non-hydrogen) atoms. The summed E-state index contributed by atoms with van der Waals surface area (Å²) in [6, 6.07) is 8.92. The second-order valence-corrected chi connectivity index (χ2v) is 6.08. The van der Waals surface area contributed by atoms with E-state index in [1.54, 1.807) is 41.6 Å². The van der Waals surface area contributed by atoms with Gasteiger partial charge in [-0.05, 0) is 43.2 Å². The highest BCUT2D eigenvalue weighted by molar-refractivity contribution is 6.34. The lowest BCUT2D eigenvalue weighted by Gasteiger charge is -2.19. The third kappa shape index (κ3) is 3.69. The van der Waals surface area contributed by atoms with Crippen LogP contribution in [-0.2, 0) is 0 Å². The lowest BCUT2D eigenvalue weighted by atomic mass is 10.0. The molecule has 2 heterocycles. The van der Waals surface area contributed by atoms with Gasteiger partial charge in [-0.2, -0.15) is 0 Å². The van der Waals surface area contributed by atoms with E-state index in [0.29, 0.717) is 10.6 Å². The Balaban J connectivity index is 1.82. The zero-order chi connectivity index (χ0) is 17.8. The predicted octanol–water partition coefficient (Wildman–Crippen LogP) is 3.51. The lowest BCUT2D eigenvalue weighted by Crippen LogP contribution is -2.29. The van der Waals surface area contributed by atoms with Gasteiger partial charge in [-0.15, -0.1) is 10.2 Å². The van der Waals surface area contributed by atoms with Crippen LogP contribution in [0.15, 0.2) is 49.2 Å². The van der Waals surface area contributed by atoms with Crippen molar-refractivity contribution in [2.24, 2.45) is 0 Å². The molecule has 3 rings (SSSR count). The first-order chi connectivity index (χ1) is 12.1. The second kappa shape index (κ2) is 7.44. The van der Waals surface area contributed by atoms with E-state index < -0.39 is 0 Å². The quantitative estimate of drug-likeness (QED) is 0.760. The lowest BCUT2D eigenvalue weighted by molar-refractivity contribution is 0.0935. The molecular formula is C18H18ClN5O. The molecule has 0 fully saturated rings. The van der Waals surface area contributed by atoms with Crippen LogP contribution in [0.2, 0.25) is 5.02 Å². The average molecular weight is 356 g/mol. The zero-order valence-electron chi connectivity index (χ0n) is 14.0. The first-order valence-electron chi connectivity index (χ1n) is 7.97. The molecule has 128 valence electrons. The minimum absolute atomic E-state index is 0.165. The van der Waals surface area contributed by atoms with Crippen LogP contribution in [-0.4, -0.2) is 25.7 Å². The van der Waals surface area contributed by atoms with E-state index in [1.807, 2.05) is 26.0 Å². The van der Waals surface area contributed by atoms with Crippen molar-refractivity contribution in [3.63, 3.8) is 0 Å². The van der Waals surface area contributed by atoms with Crippen LogP contribution in [0.3, 0.4) is 0 Å². The molecule has 7 heteroatoms. The maximum atomic E-state index is 12.7. The van der Waals surface area contributed by atoms with Crippen LogP contribution < -0.4 is 5.32 Å². The number of hydrogen-bond acceptors (Lipinski definition) is 4. The Kier molecular flexibility index (Phi) is 5.09. The third-order valence-corrected chi connectivity index (χ3v) is 4.32. The minimum Gasteiger partial charge on any atom is -0.344 e. The monoisotopic (exact) mass is 355 g/mol. The van der Waals surface area contributed by atoms with Crippen molar-refractivity contribution in [2.45, 2.75) is 26.3 Å². The Hall–Kier alpha value is -2.73. The van der Waals surface area contributed by atoms with Crippen LogP contribution in [0.5, 0.6) is 0 Å². The maximum Gasteiger partial charge on any atom is 0.253 e. The van der Waals surface area contributed by atoms with Gasteiger partial charge < -0.3 is 5.32 Å². The van der Waals surface area contributed by atoms with Gasteiger partial charge in [0.2, 0.25) is 0 Å². The van der Waals surface area contributed by atoms with Crippen molar-refractivity contribution >= 4 is 17.5 Å². The molecule has 0 aliphatic rings. The predicted molar refractivity (Wildman–Crippen MR) is 95.8 cm³/mol. The summed E-state index contributed by atoms with van der Waals surface area (Å²) in [5, 5.41) is 10.9. The van der Waals surface area contributed by atoms with Crippen molar-refractivity contribution in [2.75, 3.05) is 0 Å². The van der Waals surface area contributed by atoms with Gasteiger partial charge in [-0.3, -0.25) is 14.3 Å². The second-order valence-electron chi connectivity index (χ2n) is 5.67. The molecule has 3 aromatic rings. The number of hydrogen-bond donors (Lipinski definition) is 1. The number of carbonyl (C=O) groups excluding carboxylic acids is 1. The molecule has 0 bridgehead atoms. The van der Waals surface area contributed by atoms with Crippen LogP contribution in [0.25, 0.3) is 5.69 Å². The summed E-state index contributed by atoms with van der Waals surface area (Å²) < 4.78 is 1.72. The topological polar surface area (TPSA) is 72.7 Å². The molecule has 0 unspecified atom stereocenters. The molecule has 0 saturated heterocycles. The van der Waals surface area contributed by atoms with Crippen molar-refractivity contribution in [3.8, 4) is 5.69 Å². The normalized spacial score (nSPS) is 12.0. The first-order valence-corrected chi connectivity index (χ1v) is 8.35. The van der Waals surface area contributed by atoms with Gasteiger partial charge in [0.05, 0.1) is 22.3 Å². The molecule has 0 spiro atoms. The Bertz CT molecular complexity index is 879. The standard InChI is InChI=1S/C18H18ClN5O/c1-3-16(17-12(2)5-4-8-20-17)23-18(25)14-7-6-13(9-15(14)19)24-10-21-22-11-24/h4-11,16H,3H2,1-2H3,(H,23,25)/t16-/m1/s1. The van der Waals surface area contributed by atoms with Crippen LogP contribution in [0, 0.1) is 6.92 Å². The van der Waals surface area contributed by atoms with Crippen molar-refractivity contribution < 1.29 is 4.79 Å². The number of aromatic nitrogens is 4. The van der Waals surface area contributed by atoms with Gasteiger partial charge in [-0.25, -0.2) is 0 Å². The largest absolute Gasteiger partial charge is 0.344 e. The summed E-state index contributed by atoms with van der Waals surface area (Å²) in [6.45, 7) is 3.99. The Morgan fingerprint density at radius 2 is 2.04 bits per heavy atom. The summed E-state index contributed by atoms with van der Waals surface area (Å²) >= 11 is 6.31. The zero-order valence-corrected chi connectivity index (χ0v) is 14.7. The van der Waals surface area contributed by atoms with E-state index in [4.69, 9.17) is 11.6 Å². The highest BCUT2D eigenvalue weighted by Crippen LogP contribution is 2.23. The summed E-state index contributed by atoms with van der Waals surface area (Å²) in [4.78, 5) is 17.1. The number of halogens is 1. The Labute approximate surface area is 150 Å². The SMILES string of the molecule is CC[C@@H](NC(=O)c1ccc(-n2cnnc2)cc1Cl)c1ncccc1C. The molecule has 1 N–H and O–H groups in total. The number of amides is 1. The van der Waals surface area contributed by atoms with Gasteiger partial charge >= 0.3 is 0 Å². The highest BCUT2D eigenvalue weighted by Gasteiger charge is 2.19. The van der Waals surface area contributed by atoms with Gasteiger partial charge in [0.1, 0.15) is 12.7 Å². The van der Waals surface area contributed by atoms with Crippen LogP contribution in [0.4, 0.5) is 0 Å². The number of nitrogens with one attached hydrogen (secondary N) is 1. The molecule has 2 aromatic heterocycles. The Morgan fingerprint density at radius 3 is 2.68 bits per heavy atom. The van der Waals surface area contributed by atoms with E-state index in [0.717, 1.165) is 23.4 Å². The van der Waals surface area contributed by atoms with E-state index >= 15 is 0 Å². The number of carbonyl (C=O) groups is 1. The molecule has 0 saturated carbocycles. The smallest absolute Gasteiger partial charge is 0.253 e. The van der Waals surface area contributed by atoms with Gasteiger partial charge in [0.25, 0.3) is 5.91 Å². The number of benzene rings is 1. The fourth-order valence-corrected chi connectivity index (χ4v) is 2.91. The number of nitrogens with zero attached hydrogens (tertiary/aromatic N) is 4. The average Bonchev–Trinajstić information content (AvgIpc) is 3.14. The minimum atomic E-state index is -0.225. The fourth-order valence-electron chi connectivity index (χ4n) is 2.65. The molecule has 0 aliphatic carbocycles. The molecule has 6 nitrogen and oxygen atoms in total. The summed E-state index contributed by atoms with van der Waals surface area (Å²) in [5.41, 5.74) is 3.13. The van der Waals surface area contributed by atoms with Crippen molar-refractivity contribution in [1.29, 1.82) is 0 Å². The molecule has 1 atom stereocenters. The highest BCUT2D eigenvalue weighted by atomic mass is 35.5. The summed E-state index contributed by atoms with van der Waals surface area (Å²) in [5.74, 6) is -0.225. The van der Waals surface area contributed by atoms with E-state index in [2.05, 4.69) is 20.5 Å². The number of pyridine rings is 1. The van der Waals surface area contributed by atoms with Crippen molar-refractivity contribution in [3.05, 3.63) is 71.0 Å². The van der Waals surface area contributed by atoms with E-state index in [-0.39, 0.29) is 11.9 Å². The third-order valence-electron chi connectivity index (χ3n) is 4.01. The molecular weight excluding hydrogens is 338 g/mol. The molecule has 0 aliphatic heterocycles. The summed E-state index contributed by atoms with van der Waals surface area (Å²) in [7, 11) is 0.